The van der Waals surface area contributed by atoms with Crippen molar-refractivity contribution in [2.75, 3.05) is 16.9 Å². The number of benzene rings is 1. The summed E-state index contributed by atoms with van der Waals surface area (Å²) in [7, 11) is 0. The highest BCUT2D eigenvalue weighted by atomic mass is 32.2. The Labute approximate surface area is 129 Å². The maximum atomic E-state index is 12.3. The molecule has 5 heteroatoms. The molecule has 110 valence electrons. The van der Waals surface area contributed by atoms with Gasteiger partial charge in [0, 0.05) is 28.4 Å². The molecular weight excluding hydrogens is 282 g/mol. The molecule has 21 heavy (non-hydrogen) atoms. The van der Waals surface area contributed by atoms with E-state index in [9.17, 15) is 4.79 Å². The van der Waals surface area contributed by atoms with Crippen molar-refractivity contribution in [1.82, 2.24) is 4.98 Å². The number of pyridine rings is 1. The molecule has 4 nitrogen and oxygen atoms in total. The Hall–Kier alpha value is -2.01. The van der Waals surface area contributed by atoms with Crippen molar-refractivity contribution in [3.8, 4) is 0 Å². The lowest BCUT2D eigenvalue weighted by Crippen LogP contribution is -2.15. The highest BCUT2D eigenvalue weighted by Crippen LogP contribution is 2.19. The molecule has 1 aromatic carbocycles. The fraction of sp³-hybridized carbons (Fsp3) is 0.250. The van der Waals surface area contributed by atoms with Gasteiger partial charge in [-0.1, -0.05) is 6.07 Å². The number of carbonyl (C=O) groups is 1. The Kier molecular flexibility index (Phi) is 5.22. The van der Waals surface area contributed by atoms with Crippen LogP contribution in [0, 0.1) is 0 Å². The van der Waals surface area contributed by atoms with E-state index in [0.29, 0.717) is 11.4 Å². The largest absolute Gasteiger partial charge is 0.368 e. The van der Waals surface area contributed by atoms with Gasteiger partial charge in [0.1, 0.15) is 5.82 Å². The van der Waals surface area contributed by atoms with Gasteiger partial charge in [0.15, 0.2) is 0 Å². The molecule has 0 saturated heterocycles. The van der Waals surface area contributed by atoms with Crippen LogP contribution in [0.3, 0.4) is 0 Å². The van der Waals surface area contributed by atoms with E-state index in [1.54, 1.807) is 30.1 Å². The van der Waals surface area contributed by atoms with Crippen molar-refractivity contribution in [3.05, 3.63) is 48.2 Å². The van der Waals surface area contributed by atoms with Gasteiger partial charge in [0.25, 0.3) is 5.91 Å². The summed E-state index contributed by atoms with van der Waals surface area (Å²) in [6.45, 7) is 4.06. The predicted molar refractivity (Wildman–Crippen MR) is 89.2 cm³/mol. The summed E-state index contributed by atoms with van der Waals surface area (Å²) >= 11 is 1.64. The Bertz CT molecular complexity index is 628. The van der Waals surface area contributed by atoms with Crippen molar-refractivity contribution < 1.29 is 4.79 Å². The highest BCUT2D eigenvalue weighted by molar-refractivity contribution is 7.98. The third-order valence-corrected chi connectivity index (χ3v) is 3.51. The number of thioether (sulfide) groups is 1. The Morgan fingerprint density at radius 2 is 2.05 bits per heavy atom. The van der Waals surface area contributed by atoms with Crippen LogP contribution in [0.4, 0.5) is 11.5 Å². The minimum Gasteiger partial charge on any atom is -0.368 e. The number of carbonyl (C=O) groups excluding carboxylic acids is 1. The van der Waals surface area contributed by atoms with Crippen LogP contribution in [0.15, 0.2) is 47.5 Å². The van der Waals surface area contributed by atoms with Crippen LogP contribution >= 0.6 is 11.8 Å². The number of nitrogens with zero attached hydrogens (tertiary/aromatic N) is 1. The molecule has 0 fully saturated rings. The van der Waals surface area contributed by atoms with Crippen molar-refractivity contribution >= 4 is 29.2 Å². The molecule has 2 rings (SSSR count). The van der Waals surface area contributed by atoms with Gasteiger partial charge in [-0.2, -0.15) is 0 Å². The standard InChI is InChI=1S/C16H19N3OS/c1-11(2)18-15-9-12(7-8-17-15)16(20)19-13-5-4-6-14(10-13)21-3/h4-11H,1-3H3,(H,17,18)(H,19,20). The molecule has 0 atom stereocenters. The number of rotatable bonds is 5. The minimum atomic E-state index is -0.137. The van der Waals surface area contributed by atoms with E-state index < -0.39 is 0 Å². The lowest BCUT2D eigenvalue weighted by Gasteiger charge is -2.10. The Morgan fingerprint density at radius 3 is 2.76 bits per heavy atom. The molecule has 0 saturated carbocycles. The third-order valence-electron chi connectivity index (χ3n) is 2.79. The fourth-order valence-corrected chi connectivity index (χ4v) is 2.31. The Morgan fingerprint density at radius 1 is 1.24 bits per heavy atom. The highest BCUT2D eigenvalue weighted by Gasteiger charge is 2.08. The fourth-order valence-electron chi connectivity index (χ4n) is 1.85. The van der Waals surface area contributed by atoms with Gasteiger partial charge in [0.2, 0.25) is 0 Å². The first kappa shape index (κ1) is 15.4. The smallest absolute Gasteiger partial charge is 0.255 e. The number of aromatic nitrogens is 1. The second-order valence-electron chi connectivity index (χ2n) is 4.91. The van der Waals surface area contributed by atoms with E-state index in [-0.39, 0.29) is 11.9 Å². The quantitative estimate of drug-likeness (QED) is 0.823. The molecule has 0 aliphatic carbocycles. The first-order chi connectivity index (χ1) is 10.1. The van der Waals surface area contributed by atoms with Crippen LogP contribution < -0.4 is 10.6 Å². The van der Waals surface area contributed by atoms with Gasteiger partial charge in [-0.25, -0.2) is 4.98 Å². The van der Waals surface area contributed by atoms with Crippen molar-refractivity contribution in [2.45, 2.75) is 24.8 Å². The topological polar surface area (TPSA) is 54.0 Å². The van der Waals surface area contributed by atoms with Crippen molar-refractivity contribution in [2.24, 2.45) is 0 Å². The second kappa shape index (κ2) is 7.13. The number of amides is 1. The lowest BCUT2D eigenvalue weighted by atomic mass is 10.2. The maximum Gasteiger partial charge on any atom is 0.255 e. The zero-order chi connectivity index (χ0) is 15.2. The minimum absolute atomic E-state index is 0.137. The average Bonchev–Trinajstić information content (AvgIpc) is 2.47. The molecule has 0 unspecified atom stereocenters. The molecule has 2 N–H and O–H groups in total. The second-order valence-corrected chi connectivity index (χ2v) is 5.79. The maximum absolute atomic E-state index is 12.3. The van der Waals surface area contributed by atoms with Gasteiger partial charge >= 0.3 is 0 Å². The number of anilines is 2. The van der Waals surface area contributed by atoms with Crippen LogP contribution in [-0.4, -0.2) is 23.2 Å². The van der Waals surface area contributed by atoms with Crippen LogP contribution in [0.5, 0.6) is 0 Å². The van der Waals surface area contributed by atoms with Crippen LogP contribution in [0.1, 0.15) is 24.2 Å². The Balaban J connectivity index is 2.12. The summed E-state index contributed by atoms with van der Waals surface area (Å²) in [6, 6.07) is 11.5. The van der Waals surface area contributed by atoms with E-state index in [0.717, 1.165) is 10.6 Å². The lowest BCUT2D eigenvalue weighted by molar-refractivity contribution is 0.102. The molecule has 0 aliphatic rings. The van der Waals surface area contributed by atoms with Crippen LogP contribution in [0.25, 0.3) is 0 Å². The summed E-state index contributed by atoms with van der Waals surface area (Å²) in [5.74, 6) is 0.568. The molecule has 2 aromatic rings. The predicted octanol–water partition coefficient (Wildman–Crippen LogP) is 3.88. The normalized spacial score (nSPS) is 10.5. The van der Waals surface area contributed by atoms with Gasteiger partial charge < -0.3 is 10.6 Å². The van der Waals surface area contributed by atoms with Crippen LogP contribution in [-0.2, 0) is 0 Å². The number of nitrogens with one attached hydrogen (secondary N) is 2. The average molecular weight is 301 g/mol. The van der Waals surface area contributed by atoms with Gasteiger partial charge in [0.05, 0.1) is 0 Å². The molecule has 1 heterocycles. The molecule has 1 amide bonds. The summed E-state index contributed by atoms with van der Waals surface area (Å²) < 4.78 is 0. The zero-order valence-electron chi connectivity index (χ0n) is 12.4. The summed E-state index contributed by atoms with van der Waals surface area (Å²) in [5, 5.41) is 6.09. The number of hydrogen-bond donors (Lipinski definition) is 2. The van der Waals surface area contributed by atoms with E-state index in [2.05, 4.69) is 15.6 Å². The van der Waals surface area contributed by atoms with Crippen molar-refractivity contribution in [1.29, 1.82) is 0 Å². The zero-order valence-corrected chi connectivity index (χ0v) is 13.2. The first-order valence-corrected chi connectivity index (χ1v) is 7.99. The van der Waals surface area contributed by atoms with Crippen molar-refractivity contribution in [3.63, 3.8) is 0 Å². The van der Waals surface area contributed by atoms with E-state index >= 15 is 0 Å². The van der Waals surface area contributed by atoms with E-state index in [1.165, 1.54) is 0 Å². The van der Waals surface area contributed by atoms with E-state index in [1.807, 2.05) is 44.4 Å². The molecule has 0 spiro atoms. The monoisotopic (exact) mass is 301 g/mol. The molecule has 0 bridgehead atoms. The summed E-state index contributed by atoms with van der Waals surface area (Å²) in [6.07, 6.45) is 3.64. The molecule has 0 radical (unpaired) electrons. The molecular formula is C16H19N3OS. The van der Waals surface area contributed by atoms with Gasteiger partial charge in [-0.15, -0.1) is 11.8 Å². The first-order valence-electron chi connectivity index (χ1n) is 6.76. The van der Waals surface area contributed by atoms with Crippen LogP contribution in [0.2, 0.25) is 0 Å². The van der Waals surface area contributed by atoms with E-state index in [4.69, 9.17) is 0 Å². The molecule has 1 aromatic heterocycles. The van der Waals surface area contributed by atoms with Gasteiger partial charge in [-0.3, -0.25) is 4.79 Å². The van der Waals surface area contributed by atoms with Gasteiger partial charge in [-0.05, 0) is 50.4 Å². The summed E-state index contributed by atoms with van der Waals surface area (Å²) in [5.41, 5.74) is 1.38. The molecule has 0 aliphatic heterocycles. The number of hydrogen-bond acceptors (Lipinski definition) is 4. The summed E-state index contributed by atoms with van der Waals surface area (Å²) in [4.78, 5) is 17.6. The third kappa shape index (κ3) is 4.49. The SMILES string of the molecule is CSc1cccc(NC(=O)c2ccnc(NC(C)C)c2)c1.